The number of piperidine rings is 1. The smallest absolute Gasteiger partial charge is 0.0403 e. The van der Waals surface area contributed by atoms with Gasteiger partial charge in [0.1, 0.15) is 0 Å². The SMILES string of the molecule is ON1CCC2CNCCC21. The molecule has 2 fully saturated rings. The highest BCUT2D eigenvalue weighted by atomic mass is 16.5. The second-order valence-electron chi connectivity index (χ2n) is 3.27. The highest BCUT2D eigenvalue weighted by Crippen LogP contribution is 2.26. The van der Waals surface area contributed by atoms with Gasteiger partial charge in [-0.2, -0.15) is 5.06 Å². The first-order valence-electron chi connectivity index (χ1n) is 4.04. The lowest BCUT2D eigenvalue weighted by Gasteiger charge is -2.28. The third kappa shape index (κ3) is 0.944. The fourth-order valence-corrected chi connectivity index (χ4v) is 2.06. The van der Waals surface area contributed by atoms with E-state index in [1.165, 1.54) is 5.06 Å². The summed E-state index contributed by atoms with van der Waals surface area (Å²) in [5, 5.41) is 14.2. The molecule has 2 aliphatic rings. The molecule has 2 atom stereocenters. The highest BCUT2D eigenvalue weighted by Gasteiger charge is 2.34. The molecular formula is C7H14N2O. The van der Waals surface area contributed by atoms with E-state index in [1.54, 1.807) is 0 Å². The summed E-state index contributed by atoms with van der Waals surface area (Å²) in [5.74, 6) is 0.707. The minimum absolute atomic E-state index is 0.459. The molecule has 0 aromatic heterocycles. The van der Waals surface area contributed by atoms with Crippen molar-refractivity contribution in [3.63, 3.8) is 0 Å². The summed E-state index contributed by atoms with van der Waals surface area (Å²) in [6, 6.07) is 0.459. The summed E-state index contributed by atoms with van der Waals surface area (Å²) in [7, 11) is 0. The van der Waals surface area contributed by atoms with Crippen LogP contribution >= 0.6 is 0 Å². The van der Waals surface area contributed by atoms with Gasteiger partial charge in [0.15, 0.2) is 0 Å². The summed E-state index contributed by atoms with van der Waals surface area (Å²) in [4.78, 5) is 0. The molecule has 0 amide bonds. The van der Waals surface area contributed by atoms with E-state index in [-0.39, 0.29) is 0 Å². The average molecular weight is 142 g/mol. The quantitative estimate of drug-likeness (QED) is 0.502. The molecule has 10 heavy (non-hydrogen) atoms. The second kappa shape index (κ2) is 2.49. The molecule has 0 radical (unpaired) electrons. The van der Waals surface area contributed by atoms with E-state index in [0.717, 1.165) is 32.5 Å². The number of hydrogen-bond donors (Lipinski definition) is 2. The van der Waals surface area contributed by atoms with E-state index in [9.17, 15) is 5.21 Å². The molecular weight excluding hydrogens is 128 g/mol. The summed E-state index contributed by atoms with van der Waals surface area (Å²) in [5.41, 5.74) is 0. The van der Waals surface area contributed by atoms with Gasteiger partial charge in [0.05, 0.1) is 0 Å². The number of hydroxylamine groups is 2. The van der Waals surface area contributed by atoms with Gasteiger partial charge in [-0.25, -0.2) is 0 Å². The maximum atomic E-state index is 9.33. The van der Waals surface area contributed by atoms with Crippen molar-refractivity contribution in [2.75, 3.05) is 19.6 Å². The van der Waals surface area contributed by atoms with E-state index < -0.39 is 0 Å². The predicted octanol–water partition coefficient (Wildman–Crippen LogP) is 0.0594. The average Bonchev–Trinajstić information content (AvgIpc) is 2.34. The first-order chi connectivity index (χ1) is 4.88. The zero-order chi connectivity index (χ0) is 6.97. The molecule has 2 unspecified atom stereocenters. The third-order valence-electron chi connectivity index (χ3n) is 2.68. The summed E-state index contributed by atoms with van der Waals surface area (Å²) < 4.78 is 0. The Hall–Kier alpha value is -0.120. The molecule has 0 saturated carbocycles. The van der Waals surface area contributed by atoms with Crippen LogP contribution in [-0.4, -0.2) is 35.9 Å². The van der Waals surface area contributed by atoms with Crippen LogP contribution in [0.15, 0.2) is 0 Å². The number of nitrogens with one attached hydrogen (secondary N) is 1. The Morgan fingerprint density at radius 2 is 2.30 bits per heavy atom. The maximum Gasteiger partial charge on any atom is 0.0403 e. The van der Waals surface area contributed by atoms with Crippen LogP contribution in [0, 0.1) is 5.92 Å². The second-order valence-corrected chi connectivity index (χ2v) is 3.27. The van der Waals surface area contributed by atoms with Gasteiger partial charge in [0.2, 0.25) is 0 Å². The highest BCUT2D eigenvalue weighted by molar-refractivity contribution is 4.87. The fourth-order valence-electron chi connectivity index (χ4n) is 2.06. The molecule has 0 spiro atoms. The van der Waals surface area contributed by atoms with Crippen LogP contribution in [-0.2, 0) is 0 Å². The molecule has 2 saturated heterocycles. The van der Waals surface area contributed by atoms with Gasteiger partial charge in [-0.15, -0.1) is 0 Å². The van der Waals surface area contributed by atoms with Gasteiger partial charge >= 0.3 is 0 Å². The number of nitrogens with zero attached hydrogens (tertiary/aromatic N) is 1. The molecule has 3 nitrogen and oxygen atoms in total. The number of fused-ring (bicyclic) bond motifs is 1. The summed E-state index contributed by atoms with van der Waals surface area (Å²) in [6.45, 7) is 3.04. The lowest BCUT2D eigenvalue weighted by molar-refractivity contribution is -0.112. The Morgan fingerprint density at radius 1 is 1.40 bits per heavy atom. The first-order valence-corrected chi connectivity index (χ1v) is 4.04. The van der Waals surface area contributed by atoms with E-state index in [4.69, 9.17) is 0 Å². The minimum atomic E-state index is 0.459. The van der Waals surface area contributed by atoms with Crippen molar-refractivity contribution in [2.45, 2.75) is 18.9 Å². The van der Waals surface area contributed by atoms with Crippen molar-refractivity contribution in [3.05, 3.63) is 0 Å². The van der Waals surface area contributed by atoms with Crippen LogP contribution in [0.5, 0.6) is 0 Å². The fraction of sp³-hybridized carbons (Fsp3) is 1.00. The van der Waals surface area contributed by atoms with Crippen LogP contribution in [0.2, 0.25) is 0 Å². The Labute approximate surface area is 61.0 Å². The lowest BCUT2D eigenvalue weighted by Crippen LogP contribution is -2.42. The standard InChI is InChI=1S/C7H14N2O/c10-9-4-2-6-5-8-3-1-7(6)9/h6-8,10H,1-5H2. The Balaban J connectivity index is 2.01. The molecule has 0 aliphatic carbocycles. The van der Waals surface area contributed by atoms with Gasteiger partial charge in [0.25, 0.3) is 0 Å². The van der Waals surface area contributed by atoms with Crippen LogP contribution in [0.3, 0.4) is 0 Å². The third-order valence-corrected chi connectivity index (χ3v) is 2.68. The minimum Gasteiger partial charge on any atom is -0.316 e. The first kappa shape index (κ1) is 6.58. The van der Waals surface area contributed by atoms with Gasteiger partial charge in [-0.3, -0.25) is 0 Å². The van der Waals surface area contributed by atoms with Crippen molar-refractivity contribution in [1.82, 2.24) is 10.4 Å². The maximum absolute atomic E-state index is 9.33. The van der Waals surface area contributed by atoms with E-state index >= 15 is 0 Å². The molecule has 58 valence electrons. The van der Waals surface area contributed by atoms with Gasteiger partial charge in [-0.05, 0) is 31.8 Å². The van der Waals surface area contributed by atoms with Crippen molar-refractivity contribution in [2.24, 2.45) is 5.92 Å². The van der Waals surface area contributed by atoms with Crippen molar-refractivity contribution >= 4 is 0 Å². The normalized spacial score (nSPS) is 41.7. The van der Waals surface area contributed by atoms with E-state index in [2.05, 4.69) is 5.32 Å². The van der Waals surface area contributed by atoms with Crippen LogP contribution in [0.1, 0.15) is 12.8 Å². The Bertz CT molecular complexity index is 127. The summed E-state index contributed by atoms with van der Waals surface area (Å²) >= 11 is 0. The molecule has 2 aliphatic heterocycles. The van der Waals surface area contributed by atoms with Crippen LogP contribution < -0.4 is 5.32 Å². The Morgan fingerprint density at radius 3 is 3.10 bits per heavy atom. The van der Waals surface area contributed by atoms with Crippen LogP contribution in [0.4, 0.5) is 0 Å². The van der Waals surface area contributed by atoms with Gasteiger partial charge in [0, 0.05) is 12.6 Å². The molecule has 2 heterocycles. The number of hydrogen-bond acceptors (Lipinski definition) is 3. The van der Waals surface area contributed by atoms with Gasteiger partial charge in [-0.1, -0.05) is 0 Å². The largest absolute Gasteiger partial charge is 0.316 e. The monoisotopic (exact) mass is 142 g/mol. The molecule has 2 rings (SSSR count). The van der Waals surface area contributed by atoms with Crippen LogP contribution in [0.25, 0.3) is 0 Å². The zero-order valence-electron chi connectivity index (χ0n) is 6.08. The molecule has 0 aromatic carbocycles. The molecule has 0 bridgehead atoms. The number of rotatable bonds is 0. The molecule has 0 aromatic rings. The predicted molar refractivity (Wildman–Crippen MR) is 37.9 cm³/mol. The summed E-state index contributed by atoms with van der Waals surface area (Å²) in [6.07, 6.45) is 2.27. The Kier molecular flexibility index (Phi) is 1.64. The zero-order valence-corrected chi connectivity index (χ0v) is 6.08. The van der Waals surface area contributed by atoms with E-state index in [0.29, 0.717) is 12.0 Å². The topological polar surface area (TPSA) is 35.5 Å². The molecule has 3 heteroatoms. The van der Waals surface area contributed by atoms with Gasteiger partial charge < -0.3 is 10.5 Å². The van der Waals surface area contributed by atoms with Crippen molar-refractivity contribution in [1.29, 1.82) is 0 Å². The van der Waals surface area contributed by atoms with Crippen molar-refractivity contribution in [3.8, 4) is 0 Å². The lowest BCUT2D eigenvalue weighted by atomic mass is 9.95. The molecule has 2 N–H and O–H groups in total. The van der Waals surface area contributed by atoms with E-state index in [1.807, 2.05) is 0 Å². The van der Waals surface area contributed by atoms with Crippen molar-refractivity contribution < 1.29 is 5.21 Å².